The van der Waals surface area contributed by atoms with Crippen LogP contribution in [-0.4, -0.2) is 0 Å². The van der Waals surface area contributed by atoms with Crippen LogP contribution in [0.5, 0.6) is 0 Å². The minimum atomic E-state index is -0.556. The van der Waals surface area contributed by atoms with Crippen molar-refractivity contribution in [2.75, 3.05) is 0 Å². The largest absolute Gasteiger partial charge is 0.398 e. The van der Waals surface area contributed by atoms with E-state index in [1.54, 1.807) is 0 Å². The lowest BCUT2D eigenvalue weighted by Crippen LogP contribution is -1.97. The summed E-state index contributed by atoms with van der Waals surface area (Å²) in [6.45, 7) is 0. The lowest BCUT2D eigenvalue weighted by atomic mass is 10.2. The quantitative estimate of drug-likeness (QED) is 0.569. The average molecular weight is 238 g/mol. The highest BCUT2D eigenvalue weighted by molar-refractivity contribution is 7.83. The zero-order valence-corrected chi connectivity index (χ0v) is 8.80. The van der Waals surface area contributed by atoms with E-state index in [-0.39, 0.29) is 5.02 Å². The van der Waals surface area contributed by atoms with Gasteiger partial charge < -0.3 is 5.73 Å². The van der Waals surface area contributed by atoms with E-state index < -0.39 is 5.82 Å². The first-order valence-electron chi connectivity index (χ1n) is 3.31. The highest BCUT2D eigenvalue weighted by atomic mass is 35.5. The van der Waals surface area contributed by atoms with Gasteiger partial charge in [-0.25, -0.2) is 4.39 Å². The summed E-state index contributed by atoms with van der Waals surface area (Å²) in [5, 5.41) is 1.61. The molecule has 0 aliphatic heterocycles. The number of rotatable bonds is 1. The van der Waals surface area contributed by atoms with E-state index in [1.165, 1.54) is 17.5 Å². The standard InChI is InChI=1S/C8H6Cl2FNS/c9-5-2-6(10)7(11)1-4(5)8(12)3-13/h1-3,13H,12H2/b8-3-. The smallest absolute Gasteiger partial charge is 0.142 e. The molecule has 0 saturated heterocycles. The Morgan fingerprint density at radius 1 is 1.38 bits per heavy atom. The summed E-state index contributed by atoms with van der Waals surface area (Å²) in [6, 6.07) is 2.48. The van der Waals surface area contributed by atoms with Crippen molar-refractivity contribution in [2.24, 2.45) is 5.73 Å². The Balaban J connectivity index is 3.32. The van der Waals surface area contributed by atoms with Crippen LogP contribution < -0.4 is 5.73 Å². The Morgan fingerprint density at radius 2 is 2.00 bits per heavy atom. The molecular formula is C8H6Cl2FNS. The second-order valence-electron chi connectivity index (χ2n) is 2.33. The third kappa shape index (κ3) is 2.30. The first-order valence-corrected chi connectivity index (χ1v) is 4.58. The summed E-state index contributed by atoms with van der Waals surface area (Å²) in [5.74, 6) is -0.556. The predicted molar refractivity (Wildman–Crippen MR) is 57.6 cm³/mol. The molecule has 0 heterocycles. The van der Waals surface area contributed by atoms with Crippen molar-refractivity contribution >= 4 is 41.5 Å². The van der Waals surface area contributed by atoms with Gasteiger partial charge in [0.1, 0.15) is 5.82 Å². The summed E-state index contributed by atoms with van der Waals surface area (Å²) in [7, 11) is 0. The molecule has 0 unspecified atom stereocenters. The molecule has 1 aromatic rings. The summed E-state index contributed by atoms with van der Waals surface area (Å²) in [4.78, 5) is 0. The van der Waals surface area contributed by atoms with Crippen LogP contribution >= 0.6 is 35.8 Å². The lowest BCUT2D eigenvalue weighted by Gasteiger charge is -2.04. The van der Waals surface area contributed by atoms with Gasteiger partial charge in [0.05, 0.1) is 10.0 Å². The molecule has 1 rings (SSSR count). The number of benzene rings is 1. The van der Waals surface area contributed by atoms with Crippen LogP contribution in [0.2, 0.25) is 10.0 Å². The van der Waals surface area contributed by atoms with E-state index in [0.717, 1.165) is 0 Å². The zero-order chi connectivity index (χ0) is 10.0. The average Bonchev–Trinajstić information content (AvgIpc) is 2.10. The normalized spacial score (nSPS) is 11.8. The van der Waals surface area contributed by atoms with Crippen molar-refractivity contribution in [3.05, 3.63) is 39.0 Å². The maximum Gasteiger partial charge on any atom is 0.142 e. The molecular weight excluding hydrogens is 232 g/mol. The molecule has 13 heavy (non-hydrogen) atoms. The van der Waals surface area contributed by atoms with Gasteiger partial charge in [0.2, 0.25) is 0 Å². The summed E-state index contributed by atoms with van der Waals surface area (Å²) in [6.07, 6.45) is 0. The molecule has 0 saturated carbocycles. The summed E-state index contributed by atoms with van der Waals surface area (Å²) < 4.78 is 13.0. The summed E-state index contributed by atoms with van der Waals surface area (Å²) >= 11 is 15.1. The highest BCUT2D eigenvalue weighted by Crippen LogP contribution is 2.27. The van der Waals surface area contributed by atoms with E-state index in [9.17, 15) is 4.39 Å². The molecule has 0 bridgehead atoms. The van der Waals surface area contributed by atoms with Crippen molar-refractivity contribution in [2.45, 2.75) is 0 Å². The van der Waals surface area contributed by atoms with Gasteiger partial charge in [-0.2, -0.15) is 0 Å². The maximum atomic E-state index is 13.0. The fraction of sp³-hybridized carbons (Fsp3) is 0. The molecule has 1 nitrogen and oxygen atoms in total. The number of halogens is 3. The number of hydrogen-bond acceptors (Lipinski definition) is 2. The van der Waals surface area contributed by atoms with Gasteiger partial charge in [-0.1, -0.05) is 23.2 Å². The monoisotopic (exact) mass is 237 g/mol. The molecule has 0 atom stereocenters. The van der Waals surface area contributed by atoms with Crippen molar-refractivity contribution in [3.63, 3.8) is 0 Å². The van der Waals surface area contributed by atoms with Crippen molar-refractivity contribution < 1.29 is 4.39 Å². The first-order chi connectivity index (χ1) is 6.06. The number of hydrogen-bond donors (Lipinski definition) is 2. The van der Waals surface area contributed by atoms with E-state index in [1.807, 2.05) is 0 Å². The Hall–Kier alpha value is -0.380. The van der Waals surface area contributed by atoms with Gasteiger partial charge in [0, 0.05) is 11.3 Å². The fourth-order valence-electron chi connectivity index (χ4n) is 0.813. The summed E-state index contributed by atoms with van der Waals surface area (Å²) in [5.41, 5.74) is 6.19. The lowest BCUT2D eigenvalue weighted by molar-refractivity contribution is 0.628. The fourth-order valence-corrected chi connectivity index (χ4v) is 1.44. The van der Waals surface area contributed by atoms with E-state index in [0.29, 0.717) is 16.3 Å². The van der Waals surface area contributed by atoms with E-state index in [2.05, 4.69) is 12.6 Å². The number of thiol groups is 1. The second kappa shape index (κ2) is 4.22. The molecule has 2 N–H and O–H groups in total. The second-order valence-corrected chi connectivity index (χ2v) is 3.40. The maximum absolute atomic E-state index is 13.0. The zero-order valence-electron chi connectivity index (χ0n) is 6.39. The SMILES string of the molecule is N/C(=C\S)c1cc(F)c(Cl)cc1Cl. The third-order valence-corrected chi connectivity index (χ3v) is 2.34. The molecule has 0 radical (unpaired) electrons. The van der Waals surface area contributed by atoms with Crippen LogP contribution in [0.25, 0.3) is 5.70 Å². The molecule has 0 amide bonds. The Kier molecular flexibility index (Phi) is 3.47. The van der Waals surface area contributed by atoms with Gasteiger partial charge in [0.15, 0.2) is 0 Å². The Bertz CT molecular complexity index is 365. The van der Waals surface area contributed by atoms with Crippen LogP contribution in [0.3, 0.4) is 0 Å². The minimum absolute atomic E-state index is 0.0271. The van der Waals surface area contributed by atoms with Crippen molar-refractivity contribution in [1.82, 2.24) is 0 Å². The van der Waals surface area contributed by atoms with Crippen LogP contribution in [-0.2, 0) is 0 Å². The predicted octanol–water partition coefficient (Wildman–Crippen LogP) is 3.32. The van der Waals surface area contributed by atoms with E-state index in [4.69, 9.17) is 28.9 Å². The third-order valence-electron chi connectivity index (χ3n) is 1.46. The number of nitrogens with two attached hydrogens (primary N) is 1. The molecule has 0 spiro atoms. The first kappa shape index (κ1) is 10.7. The molecule has 0 fully saturated rings. The molecule has 1 aromatic carbocycles. The van der Waals surface area contributed by atoms with Crippen molar-refractivity contribution in [1.29, 1.82) is 0 Å². The van der Waals surface area contributed by atoms with Crippen LogP contribution in [0, 0.1) is 5.82 Å². The van der Waals surface area contributed by atoms with Gasteiger partial charge in [-0.15, -0.1) is 12.6 Å². The van der Waals surface area contributed by atoms with Gasteiger partial charge in [0.25, 0.3) is 0 Å². The topological polar surface area (TPSA) is 26.0 Å². The Morgan fingerprint density at radius 3 is 2.54 bits per heavy atom. The molecule has 0 aliphatic rings. The Labute approximate surface area is 90.7 Å². The molecule has 0 aromatic heterocycles. The van der Waals surface area contributed by atoms with Crippen LogP contribution in [0.15, 0.2) is 17.5 Å². The van der Waals surface area contributed by atoms with E-state index >= 15 is 0 Å². The highest BCUT2D eigenvalue weighted by Gasteiger charge is 2.08. The van der Waals surface area contributed by atoms with Gasteiger partial charge in [-0.05, 0) is 17.5 Å². The molecule has 70 valence electrons. The van der Waals surface area contributed by atoms with Crippen LogP contribution in [0.4, 0.5) is 4.39 Å². The molecule has 0 aliphatic carbocycles. The van der Waals surface area contributed by atoms with Crippen molar-refractivity contribution in [3.8, 4) is 0 Å². The molecule has 5 heteroatoms. The minimum Gasteiger partial charge on any atom is -0.398 e. The van der Waals surface area contributed by atoms with Crippen LogP contribution in [0.1, 0.15) is 5.56 Å². The van der Waals surface area contributed by atoms with Gasteiger partial charge >= 0.3 is 0 Å². The van der Waals surface area contributed by atoms with Gasteiger partial charge in [-0.3, -0.25) is 0 Å².